The van der Waals surface area contributed by atoms with Gasteiger partial charge in [0.15, 0.2) is 0 Å². The summed E-state index contributed by atoms with van der Waals surface area (Å²) >= 11 is 0. The molecule has 1 saturated carbocycles. The summed E-state index contributed by atoms with van der Waals surface area (Å²) in [6.07, 6.45) is 10.8. The number of hydrogen-bond donors (Lipinski definition) is 2. The van der Waals surface area contributed by atoms with E-state index in [1.54, 1.807) is 0 Å². The standard InChI is InChI=1S/C21H32N2O/c1-2-24-17-6-7-20-18(14-17)19(16-8-12-22-13-9-16)15-21(23-20)10-4-3-5-11-21/h6-7,14,16,19,22-23H,2-5,8-13,15H2,1H3. The summed E-state index contributed by atoms with van der Waals surface area (Å²) < 4.78 is 5.80. The summed E-state index contributed by atoms with van der Waals surface area (Å²) in [5.41, 5.74) is 3.26. The summed E-state index contributed by atoms with van der Waals surface area (Å²) in [7, 11) is 0. The van der Waals surface area contributed by atoms with Gasteiger partial charge in [-0.25, -0.2) is 0 Å². The molecule has 1 saturated heterocycles. The monoisotopic (exact) mass is 328 g/mol. The van der Waals surface area contributed by atoms with Crippen LogP contribution < -0.4 is 15.4 Å². The van der Waals surface area contributed by atoms with Gasteiger partial charge in [0, 0.05) is 11.2 Å². The van der Waals surface area contributed by atoms with Gasteiger partial charge in [0.1, 0.15) is 5.75 Å². The molecule has 1 aliphatic carbocycles. The lowest BCUT2D eigenvalue weighted by Gasteiger charge is -2.48. The Kier molecular flexibility index (Phi) is 4.71. The maximum Gasteiger partial charge on any atom is 0.119 e. The van der Waals surface area contributed by atoms with Crippen molar-refractivity contribution in [2.45, 2.75) is 69.7 Å². The van der Waals surface area contributed by atoms with Crippen LogP contribution in [0, 0.1) is 5.92 Å². The first kappa shape index (κ1) is 16.3. The van der Waals surface area contributed by atoms with E-state index in [1.807, 2.05) is 0 Å². The maximum absolute atomic E-state index is 5.80. The predicted octanol–water partition coefficient (Wildman–Crippen LogP) is 4.69. The molecule has 2 N–H and O–H groups in total. The Morgan fingerprint density at radius 3 is 2.67 bits per heavy atom. The number of anilines is 1. The van der Waals surface area contributed by atoms with Gasteiger partial charge in [0.05, 0.1) is 6.61 Å². The molecule has 1 atom stereocenters. The van der Waals surface area contributed by atoms with Crippen LogP contribution in [-0.2, 0) is 0 Å². The van der Waals surface area contributed by atoms with Crippen molar-refractivity contribution in [2.24, 2.45) is 5.92 Å². The Morgan fingerprint density at radius 2 is 1.92 bits per heavy atom. The molecule has 3 nitrogen and oxygen atoms in total. The van der Waals surface area contributed by atoms with Gasteiger partial charge >= 0.3 is 0 Å². The lowest BCUT2D eigenvalue weighted by atomic mass is 9.66. The smallest absolute Gasteiger partial charge is 0.119 e. The van der Waals surface area contributed by atoms with Crippen LogP contribution in [0.3, 0.4) is 0 Å². The Morgan fingerprint density at radius 1 is 1.12 bits per heavy atom. The fraction of sp³-hybridized carbons (Fsp3) is 0.714. The number of rotatable bonds is 3. The molecule has 2 fully saturated rings. The number of ether oxygens (including phenoxy) is 1. The zero-order valence-electron chi connectivity index (χ0n) is 15.1. The molecule has 0 bridgehead atoms. The summed E-state index contributed by atoms with van der Waals surface area (Å²) in [5, 5.41) is 7.52. The van der Waals surface area contributed by atoms with E-state index in [0.29, 0.717) is 11.5 Å². The van der Waals surface area contributed by atoms with E-state index in [9.17, 15) is 0 Å². The van der Waals surface area contributed by atoms with Crippen LogP contribution in [0.15, 0.2) is 18.2 Å². The minimum absolute atomic E-state index is 0.355. The van der Waals surface area contributed by atoms with Crippen molar-refractivity contribution in [3.8, 4) is 5.75 Å². The minimum Gasteiger partial charge on any atom is -0.494 e. The quantitative estimate of drug-likeness (QED) is 0.845. The van der Waals surface area contributed by atoms with Gasteiger partial charge in [0.2, 0.25) is 0 Å². The van der Waals surface area contributed by atoms with Gasteiger partial charge in [-0.1, -0.05) is 19.3 Å². The second kappa shape index (κ2) is 6.95. The molecule has 0 amide bonds. The van der Waals surface area contributed by atoms with Crippen molar-refractivity contribution in [3.05, 3.63) is 23.8 Å². The van der Waals surface area contributed by atoms with E-state index in [4.69, 9.17) is 4.74 Å². The van der Waals surface area contributed by atoms with Crippen LogP contribution >= 0.6 is 0 Å². The van der Waals surface area contributed by atoms with Crippen molar-refractivity contribution < 1.29 is 4.74 Å². The molecule has 1 spiro atoms. The highest BCUT2D eigenvalue weighted by atomic mass is 16.5. The van der Waals surface area contributed by atoms with E-state index >= 15 is 0 Å². The molecule has 1 aromatic rings. The second-order valence-corrected chi connectivity index (χ2v) is 8.05. The molecular formula is C21H32N2O. The molecule has 0 radical (unpaired) electrons. The first-order chi connectivity index (χ1) is 11.8. The van der Waals surface area contributed by atoms with Crippen LogP contribution in [0.1, 0.15) is 69.8 Å². The lowest BCUT2D eigenvalue weighted by Crippen LogP contribution is -2.46. The number of piperidine rings is 1. The minimum atomic E-state index is 0.355. The topological polar surface area (TPSA) is 33.3 Å². The molecule has 2 aliphatic heterocycles. The molecule has 0 aromatic heterocycles. The largest absolute Gasteiger partial charge is 0.494 e. The van der Waals surface area contributed by atoms with Crippen LogP contribution in [0.2, 0.25) is 0 Å². The molecule has 1 unspecified atom stereocenters. The van der Waals surface area contributed by atoms with Crippen molar-refractivity contribution in [3.63, 3.8) is 0 Å². The van der Waals surface area contributed by atoms with Gasteiger partial charge in [0.25, 0.3) is 0 Å². The molecule has 1 aromatic carbocycles. The fourth-order valence-electron chi connectivity index (χ4n) is 5.31. The first-order valence-corrected chi connectivity index (χ1v) is 10.1. The van der Waals surface area contributed by atoms with Crippen LogP contribution in [-0.4, -0.2) is 25.2 Å². The van der Waals surface area contributed by atoms with Crippen molar-refractivity contribution >= 4 is 5.69 Å². The average molecular weight is 329 g/mol. The SMILES string of the molecule is CCOc1ccc2c(c1)C(C1CCNCC1)CC1(CCCCC1)N2. The highest BCUT2D eigenvalue weighted by Gasteiger charge is 2.42. The zero-order chi connectivity index (χ0) is 16.4. The Labute approximate surface area is 146 Å². The summed E-state index contributed by atoms with van der Waals surface area (Å²) in [6.45, 7) is 5.18. The third kappa shape index (κ3) is 3.15. The van der Waals surface area contributed by atoms with Crippen molar-refractivity contribution in [2.75, 3.05) is 25.0 Å². The predicted molar refractivity (Wildman–Crippen MR) is 100 cm³/mol. The molecule has 132 valence electrons. The highest BCUT2D eigenvalue weighted by molar-refractivity contribution is 5.60. The van der Waals surface area contributed by atoms with Gasteiger partial charge in [-0.05, 0) is 87.7 Å². The summed E-state index contributed by atoms with van der Waals surface area (Å²) in [4.78, 5) is 0. The van der Waals surface area contributed by atoms with Gasteiger partial charge in [-0.2, -0.15) is 0 Å². The van der Waals surface area contributed by atoms with Crippen LogP contribution in [0.5, 0.6) is 5.75 Å². The third-order valence-electron chi connectivity index (χ3n) is 6.51. The normalized spacial score (nSPS) is 26.6. The number of fused-ring (bicyclic) bond motifs is 1. The zero-order valence-corrected chi connectivity index (χ0v) is 15.1. The van der Waals surface area contributed by atoms with E-state index in [2.05, 4.69) is 35.8 Å². The molecule has 3 heteroatoms. The fourth-order valence-corrected chi connectivity index (χ4v) is 5.31. The molecule has 3 aliphatic rings. The van der Waals surface area contributed by atoms with Crippen LogP contribution in [0.25, 0.3) is 0 Å². The van der Waals surface area contributed by atoms with E-state index in [1.165, 1.54) is 75.7 Å². The Balaban J connectivity index is 1.68. The van der Waals surface area contributed by atoms with Crippen molar-refractivity contribution in [1.29, 1.82) is 0 Å². The van der Waals surface area contributed by atoms with E-state index in [0.717, 1.165) is 18.3 Å². The third-order valence-corrected chi connectivity index (χ3v) is 6.51. The summed E-state index contributed by atoms with van der Waals surface area (Å²) in [6, 6.07) is 6.76. The highest BCUT2D eigenvalue weighted by Crippen LogP contribution is 2.50. The van der Waals surface area contributed by atoms with E-state index in [-0.39, 0.29) is 0 Å². The molecular weight excluding hydrogens is 296 g/mol. The van der Waals surface area contributed by atoms with Gasteiger partial charge < -0.3 is 15.4 Å². The number of benzene rings is 1. The maximum atomic E-state index is 5.80. The Hall–Kier alpha value is -1.22. The number of nitrogens with one attached hydrogen (secondary N) is 2. The summed E-state index contributed by atoms with van der Waals surface area (Å²) in [5.74, 6) is 2.56. The Bertz CT molecular complexity index is 559. The van der Waals surface area contributed by atoms with Gasteiger partial charge in [-0.15, -0.1) is 0 Å². The average Bonchev–Trinajstić information content (AvgIpc) is 2.63. The molecule has 2 heterocycles. The van der Waals surface area contributed by atoms with E-state index < -0.39 is 0 Å². The molecule has 24 heavy (non-hydrogen) atoms. The second-order valence-electron chi connectivity index (χ2n) is 8.05. The first-order valence-electron chi connectivity index (χ1n) is 10.1. The number of hydrogen-bond acceptors (Lipinski definition) is 3. The lowest BCUT2D eigenvalue weighted by molar-refractivity contribution is 0.221. The molecule has 4 rings (SSSR count). The van der Waals surface area contributed by atoms with Crippen LogP contribution in [0.4, 0.5) is 5.69 Å². The van der Waals surface area contributed by atoms with Crippen molar-refractivity contribution in [1.82, 2.24) is 5.32 Å². The van der Waals surface area contributed by atoms with Gasteiger partial charge in [-0.3, -0.25) is 0 Å².